The van der Waals surface area contributed by atoms with Crippen molar-refractivity contribution in [3.05, 3.63) is 64.9 Å². The van der Waals surface area contributed by atoms with E-state index < -0.39 is 0 Å². The summed E-state index contributed by atoms with van der Waals surface area (Å²) in [6, 6.07) is 12.2. The van der Waals surface area contributed by atoms with Crippen LogP contribution in [0.5, 0.6) is 0 Å². The number of carbonyl (C=O) groups excluding carboxylic acids is 2. The van der Waals surface area contributed by atoms with Crippen LogP contribution in [0.25, 0.3) is 0 Å². The van der Waals surface area contributed by atoms with Crippen molar-refractivity contribution in [2.75, 3.05) is 11.2 Å². The predicted molar refractivity (Wildman–Crippen MR) is 84.4 cm³/mol. The highest BCUT2D eigenvalue weighted by Gasteiger charge is 2.14. The fourth-order valence-electron chi connectivity index (χ4n) is 1.63. The van der Waals surface area contributed by atoms with Gasteiger partial charge in [-0.1, -0.05) is 28.0 Å². The van der Waals surface area contributed by atoms with Crippen LogP contribution in [-0.2, 0) is 0 Å². The Kier molecular flexibility index (Phi) is 5.36. The lowest BCUT2D eigenvalue weighted by molar-refractivity contribution is -0.647. The van der Waals surface area contributed by atoms with Crippen molar-refractivity contribution in [3.63, 3.8) is 0 Å². The summed E-state index contributed by atoms with van der Waals surface area (Å²) in [6.45, 7) is 1.88. The van der Waals surface area contributed by atoms with Gasteiger partial charge in [0.25, 0.3) is 0 Å². The predicted octanol–water partition coefficient (Wildman–Crippen LogP) is 3.22. The van der Waals surface area contributed by atoms with E-state index in [1.54, 1.807) is 35.1 Å². The van der Waals surface area contributed by atoms with Crippen LogP contribution in [0.1, 0.15) is 16.1 Å². The molecule has 0 spiro atoms. The van der Waals surface area contributed by atoms with Crippen LogP contribution in [0.2, 0.25) is 5.02 Å². The summed E-state index contributed by atoms with van der Waals surface area (Å²) in [5.74, 6) is -0.0264. The largest absolute Gasteiger partial charge is 0.333 e. The number of ketones is 1. The van der Waals surface area contributed by atoms with Gasteiger partial charge in [-0.2, -0.15) is 0 Å². The van der Waals surface area contributed by atoms with Crippen molar-refractivity contribution in [2.45, 2.75) is 6.92 Å². The smallest absolute Gasteiger partial charge is 0.293 e. The number of nitrogens with one attached hydrogen (secondary N) is 1. The number of rotatable bonds is 4. The number of Topliss-reactive ketones (excluding diaryl/α,β-unsaturated/α-hetero) is 1. The summed E-state index contributed by atoms with van der Waals surface area (Å²) in [6.07, 6.45) is 1.74. The maximum atomic E-state index is 11.9. The summed E-state index contributed by atoms with van der Waals surface area (Å²) < 4.78 is 1.61. The zero-order valence-corrected chi connectivity index (χ0v) is 12.9. The van der Waals surface area contributed by atoms with E-state index in [0.29, 0.717) is 10.6 Å². The molecule has 0 atom stereocenters. The van der Waals surface area contributed by atoms with Crippen molar-refractivity contribution >= 4 is 34.4 Å². The molecule has 0 saturated carbocycles. The number of thioether (sulfide) groups is 1. The highest BCUT2D eigenvalue weighted by Crippen LogP contribution is 2.12. The van der Waals surface area contributed by atoms with E-state index in [1.165, 1.54) is 0 Å². The Morgan fingerprint density at radius 3 is 2.57 bits per heavy atom. The number of carbonyl (C=O) groups is 2. The molecular formula is C15H14ClN2O2S+. The molecule has 2 aromatic rings. The van der Waals surface area contributed by atoms with Gasteiger partial charge < -0.3 is 0 Å². The SMILES string of the molecule is Cc1cccc[n+]1NC(=O)SCC(=O)c1ccc(Cl)cc1. The maximum absolute atomic E-state index is 11.9. The number of aryl methyl sites for hydroxylation is 1. The van der Waals surface area contributed by atoms with Gasteiger partial charge in [-0.3, -0.25) is 9.59 Å². The third-order valence-electron chi connectivity index (χ3n) is 2.78. The molecule has 1 N–H and O–H groups in total. The van der Waals surface area contributed by atoms with Crippen LogP contribution in [0.15, 0.2) is 48.7 Å². The highest BCUT2D eigenvalue weighted by atomic mass is 35.5. The number of hydrogen-bond acceptors (Lipinski definition) is 3. The van der Waals surface area contributed by atoms with Crippen LogP contribution < -0.4 is 10.1 Å². The summed E-state index contributed by atoms with van der Waals surface area (Å²) in [4.78, 5) is 23.7. The Balaban J connectivity index is 1.88. The van der Waals surface area contributed by atoms with E-state index in [2.05, 4.69) is 5.43 Å². The molecule has 4 nitrogen and oxygen atoms in total. The number of benzene rings is 1. The Labute approximate surface area is 132 Å². The Morgan fingerprint density at radius 1 is 1.19 bits per heavy atom. The van der Waals surface area contributed by atoms with Gasteiger partial charge in [0.15, 0.2) is 12.0 Å². The molecular weight excluding hydrogens is 308 g/mol. The fourth-order valence-corrected chi connectivity index (χ4v) is 2.35. The molecule has 6 heteroatoms. The second-order valence-electron chi connectivity index (χ2n) is 4.33. The van der Waals surface area contributed by atoms with Gasteiger partial charge in [-0.25, -0.2) is 0 Å². The monoisotopic (exact) mass is 321 g/mol. The standard InChI is InChI=1S/C15H13ClN2O2S/c1-11-4-2-3-9-18(11)17-15(20)21-10-14(19)12-5-7-13(16)8-6-12/h2-9H,10H2,1H3/p+1. The maximum Gasteiger partial charge on any atom is 0.333 e. The first-order chi connectivity index (χ1) is 10.1. The van der Waals surface area contributed by atoms with E-state index in [9.17, 15) is 9.59 Å². The van der Waals surface area contributed by atoms with Crippen LogP contribution in [0.3, 0.4) is 0 Å². The minimum Gasteiger partial charge on any atom is -0.293 e. The molecule has 0 saturated heterocycles. The number of hydrogen-bond donors (Lipinski definition) is 1. The Bertz CT molecular complexity index is 659. The lowest BCUT2D eigenvalue weighted by Gasteiger charge is -2.02. The number of amides is 1. The first-order valence-electron chi connectivity index (χ1n) is 6.26. The van der Waals surface area contributed by atoms with Gasteiger partial charge in [-0.05, 0) is 30.3 Å². The molecule has 2 rings (SSSR count). The van der Waals surface area contributed by atoms with Gasteiger partial charge in [0.05, 0.1) is 5.75 Å². The van der Waals surface area contributed by atoms with E-state index in [4.69, 9.17) is 11.6 Å². The van der Waals surface area contributed by atoms with Gasteiger partial charge in [0, 0.05) is 29.6 Å². The van der Waals surface area contributed by atoms with Crippen LogP contribution >= 0.6 is 23.4 Å². The zero-order valence-electron chi connectivity index (χ0n) is 11.4. The normalized spacial score (nSPS) is 10.2. The topological polar surface area (TPSA) is 50.1 Å². The third kappa shape index (κ3) is 4.58. The van der Waals surface area contributed by atoms with Crippen LogP contribution in [-0.4, -0.2) is 16.8 Å². The van der Waals surface area contributed by atoms with Crippen molar-refractivity contribution < 1.29 is 14.3 Å². The molecule has 1 amide bonds. The minimum atomic E-state index is -0.281. The molecule has 0 aliphatic heterocycles. The zero-order chi connectivity index (χ0) is 15.2. The molecule has 0 fully saturated rings. The summed E-state index contributed by atoms with van der Waals surface area (Å²) in [5, 5.41) is 0.296. The summed E-state index contributed by atoms with van der Waals surface area (Å²) in [7, 11) is 0. The van der Waals surface area contributed by atoms with E-state index in [0.717, 1.165) is 17.5 Å². The number of halogens is 1. The number of nitrogens with zero attached hydrogens (tertiary/aromatic N) is 1. The fraction of sp³-hybridized carbons (Fsp3) is 0.133. The van der Waals surface area contributed by atoms with Gasteiger partial charge in [0.1, 0.15) is 0 Å². The third-order valence-corrected chi connectivity index (χ3v) is 3.79. The van der Waals surface area contributed by atoms with Gasteiger partial charge in [-0.15, -0.1) is 5.43 Å². The second-order valence-corrected chi connectivity index (χ2v) is 5.71. The molecule has 1 heterocycles. The molecule has 0 unspecified atom stereocenters. The van der Waals surface area contributed by atoms with Gasteiger partial charge >= 0.3 is 5.24 Å². The minimum absolute atomic E-state index is 0.0832. The first kappa shape index (κ1) is 15.5. The summed E-state index contributed by atoms with van der Waals surface area (Å²) >= 11 is 6.70. The van der Waals surface area contributed by atoms with E-state index in [-0.39, 0.29) is 16.8 Å². The average Bonchev–Trinajstić information content (AvgIpc) is 2.48. The van der Waals surface area contributed by atoms with Crippen LogP contribution in [0.4, 0.5) is 4.79 Å². The molecule has 0 aliphatic rings. The summed E-state index contributed by atoms with van der Waals surface area (Å²) in [5.41, 5.74) is 4.14. The first-order valence-corrected chi connectivity index (χ1v) is 7.62. The molecule has 0 aliphatic carbocycles. The van der Waals surface area contributed by atoms with E-state index >= 15 is 0 Å². The van der Waals surface area contributed by atoms with Crippen molar-refractivity contribution in [2.24, 2.45) is 0 Å². The lowest BCUT2D eigenvalue weighted by Crippen LogP contribution is -2.49. The Morgan fingerprint density at radius 2 is 1.90 bits per heavy atom. The second kappa shape index (κ2) is 7.24. The van der Waals surface area contributed by atoms with Crippen molar-refractivity contribution in [3.8, 4) is 0 Å². The molecule has 21 heavy (non-hydrogen) atoms. The molecule has 1 aromatic carbocycles. The van der Waals surface area contributed by atoms with Gasteiger partial charge in [0.2, 0.25) is 5.69 Å². The quantitative estimate of drug-likeness (QED) is 0.695. The van der Waals surface area contributed by atoms with Crippen molar-refractivity contribution in [1.29, 1.82) is 0 Å². The van der Waals surface area contributed by atoms with Crippen LogP contribution in [0, 0.1) is 6.92 Å². The highest BCUT2D eigenvalue weighted by molar-refractivity contribution is 8.14. The molecule has 1 aromatic heterocycles. The molecule has 0 bridgehead atoms. The lowest BCUT2D eigenvalue weighted by atomic mass is 10.1. The van der Waals surface area contributed by atoms with E-state index in [1.807, 2.05) is 25.1 Å². The van der Waals surface area contributed by atoms with Crippen molar-refractivity contribution in [1.82, 2.24) is 0 Å². The molecule has 0 radical (unpaired) electrons. The Hall–Kier alpha value is -1.85. The number of pyridine rings is 1. The number of aromatic nitrogens is 1. The molecule has 108 valence electrons. The average molecular weight is 322 g/mol.